The molecule has 0 N–H and O–H groups in total. The highest BCUT2D eigenvalue weighted by Crippen LogP contribution is 2.39. The summed E-state index contributed by atoms with van der Waals surface area (Å²) in [6, 6.07) is 15.0. The summed E-state index contributed by atoms with van der Waals surface area (Å²) in [6.07, 6.45) is 4.04. The van der Waals surface area contributed by atoms with Crippen molar-refractivity contribution in [2.75, 3.05) is 27.6 Å². The molecule has 0 bridgehead atoms. The van der Waals surface area contributed by atoms with E-state index in [0.717, 1.165) is 17.4 Å². The number of rotatable bonds is 8. The molecule has 4 aromatic rings. The quantitative estimate of drug-likeness (QED) is 0.343. The van der Waals surface area contributed by atoms with E-state index in [-0.39, 0.29) is 10.7 Å². The molecule has 0 unspecified atom stereocenters. The fraction of sp³-hybridized carbons (Fsp3) is 0.160. The Morgan fingerprint density at radius 1 is 0.857 bits per heavy atom. The van der Waals surface area contributed by atoms with Gasteiger partial charge in [-0.05, 0) is 47.5 Å². The minimum atomic E-state index is -3.31. The van der Waals surface area contributed by atoms with E-state index in [9.17, 15) is 13.2 Å². The third-order valence-electron chi connectivity index (χ3n) is 5.45. The third kappa shape index (κ3) is 4.73. The molecular formula is C25H23N3O6S. The summed E-state index contributed by atoms with van der Waals surface area (Å²) in [4.78, 5) is 17.9. The number of aromatic nitrogens is 3. The van der Waals surface area contributed by atoms with Gasteiger partial charge >= 0.3 is 0 Å². The van der Waals surface area contributed by atoms with Crippen molar-refractivity contribution in [1.82, 2.24) is 14.8 Å². The molecule has 180 valence electrons. The van der Waals surface area contributed by atoms with E-state index < -0.39 is 9.84 Å². The van der Waals surface area contributed by atoms with Gasteiger partial charge < -0.3 is 14.2 Å². The van der Waals surface area contributed by atoms with Gasteiger partial charge in [-0.25, -0.2) is 18.1 Å². The second kappa shape index (κ2) is 9.59. The number of ketones is 1. The van der Waals surface area contributed by atoms with E-state index in [2.05, 4.69) is 10.1 Å². The molecule has 0 spiro atoms. The Morgan fingerprint density at radius 3 is 2.00 bits per heavy atom. The molecule has 4 rings (SSSR count). The molecule has 9 nitrogen and oxygen atoms in total. The first-order chi connectivity index (χ1) is 16.8. The Morgan fingerprint density at radius 2 is 1.49 bits per heavy atom. The summed E-state index contributed by atoms with van der Waals surface area (Å²) >= 11 is 0. The van der Waals surface area contributed by atoms with Gasteiger partial charge in [0.2, 0.25) is 5.75 Å². The highest BCUT2D eigenvalue weighted by atomic mass is 32.2. The van der Waals surface area contributed by atoms with Gasteiger partial charge in [-0.15, -0.1) is 0 Å². The Hall–Kier alpha value is -4.18. The first kappa shape index (κ1) is 24.0. The van der Waals surface area contributed by atoms with Crippen molar-refractivity contribution in [3.8, 4) is 34.1 Å². The average Bonchev–Trinajstić information content (AvgIpc) is 3.41. The first-order valence-corrected chi connectivity index (χ1v) is 12.3. The van der Waals surface area contributed by atoms with Gasteiger partial charge in [-0.1, -0.05) is 18.2 Å². The van der Waals surface area contributed by atoms with Crippen molar-refractivity contribution in [2.24, 2.45) is 0 Å². The van der Waals surface area contributed by atoms with Crippen LogP contribution in [0.25, 0.3) is 16.8 Å². The average molecular weight is 494 g/mol. The highest BCUT2D eigenvalue weighted by molar-refractivity contribution is 7.90. The van der Waals surface area contributed by atoms with Crippen LogP contribution in [0.15, 0.2) is 72.1 Å². The zero-order valence-corrected chi connectivity index (χ0v) is 20.4. The number of sulfone groups is 1. The van der Waals surface area contributed by atoms with Gasteiger partial charge in [0, 0.05) is 17.4 Å². The predicted molar refractivity (Wildman–Crippen MR) is 129 cm³/mol. The van der Waals surface area contributed by atoms with Gasteiger partial charge in [-0.2, -0.15) is 5.10 Å². The lowest BCUT2D eigenvalue weighted by molar-refractivity contribution is 0.103. The smallest absolute Gasteiger partial charge is 0.203 e. The van der Waals surface area contributed by atoms with E-state index in [1.54, 1.807) is 54.6 Å². The lowest BCUT2D eigenvalue weighted by atomic mass is 9.97. The Labute approximate surface area is 202 Å². The number of hydrogen-bond donors (Lipinski definition) is 0. The summed E-state index contributed by atoms with van der Waals surface area (Å²) < 4.78 is 41.2. The molecule has 35 heavy (non-hydrogen) atoms. The van der Waals surface area contributed by atoms with E-state index in [0.29, 0.717) is 34.1 Å². The lowest BCUT2D eigenvalue weighted by Gasteiger charge is -2.15. The second-order valence-electron chi connectivity index (χ2n) is 7.61. The van der Waals surface area contributed by atoms with E-state index in [1.165, 1.54) is 38.7 Å². The number of carbonyl (C=O) groups excluding carboxylic acids is 1. The number of ether oxygens (including phenoxy) is 3. The third-order valence-corrected chi connectivity index (χ3v) is 6.58. The van der Waals surface area contributed by atoms with E-state index in [1.807, 2.05) is 0 Å². The number of nitrogens with zero attached hydrogens (tertiary/aromatic N) is 3. The largest absolute Gasteiger partial charge is 0.493 e. The fourth-order valence-electron chi connectivity index (χ4n) is 3.69. The molecule has 10 heteroatoms. The predicted octanol–water partition coefficient (Wildman–Crippen LogP) is 3.59. The van der Waals surface area contributed by atoms with Crippen molar-refractivity contribution < 1.29 is 27.4 Å². The topological polar surface area (TPSA) is 110 Å². The van der Waals surface area contributed by atoms with Gasteiger partial charge in [-0.3, -0.25) is 4.79 Å². The maximum atomic E-state index is 13.6. The van der Waals surface area contributed by atoms with Crippen LogP contribution < -0.4 is 14.2 Å². The summed E-state index contributed by atoms with van der Waals surface area (Å²) in [7, 11) is 1.15. The molecule has 0 atom stereocenters. The second-order valence-corrected chi connectivity index (χ2v) is 9.63. The lowest BCUT2D eigenvalue weighted by Crippen LogP contribution is -2.09. The Balaban J connectivity index is 1.82. The maximum Gasteiger partial charge on any atom is 0.203 e. The van der Waals surface area contributed by atoms with E-state index >= 15 is 0 Å². The number of hydrogen-bond acceptors (Lipinski definition) is 8. The molecule has 0 saturated heterocycles. The highest BCUT2D eigenvalue weighted by Gasteiger charge is 2.21. The van der Waals surface area contributed by atoms with Crippen molar-refractivity contribution in [3.63, 3.8) is 0 Å². The van der Waals surface area contributed by atoms with Crippen molar-refractivity contribution in [1.29, 1.82) is 0 Å². The summed E-state index contributed by atoms with van der Waals surface area (Å²) in [5.74, 6) is 0.824. The van der Waals surface area contributed by atoms with Crippen LogP contribution >= 0.6 is 0 Å². The van der Waals surface area contributed by atoms with E-state index in [4.69, 9.17) is 14.2 Å². The molecule has 0 aliphatic rings. The van der Waals surface area contributed by atoms with Crippen LogP contribution in [0.2, 0.25) is 0 Å². The Kier molecular flexibility index (Phi) is 6.57. The minimum absolute atomic E-state index is 0.229. The van der Waals surface area contributed by atoms with Crippen molar-refractivity contribution in [2.45, 2.75) is 4.90 Å². The van der Waals surface area contributed by atoms with Crippen LogP contribution in [0, 0.1) is 0 Å². The molecule has 0 fully saturated rings. The number of methoxy groups -OCH3 is 3. The molecule has 0 saturated carbocycles. The fourth-order valence-corrected chi connectivity index (χ4v) is 4.32. The standard InChI is InChI=1S/C25H23N3O6S/c1-32-22-12-18(13-23(33-2)25(22)34-3)24(29)20-10-7-17(11-21(20)28-15-26-14-27-28)16-5-8-19(9-6-16)35(4,30)31/h5-15H,1-4H3. The summed E-state index contributed by atoms with van der Waals surface area (Å²) in [5.41, 5.74) is 2.78. The number of benzene rings is 3. The van der Waals surface area contributed by atoms with Crippen LogP contribution in [-0.2, 0) is 9.84 Å². The van der Waals surface area contributed by atoms with Crippen LogP contribution in [0.4, 0.5) is 0 Å². The zero-order valence-electron chi connectivity index (χ0n) is 19.6. The van der Waals surface area contributed by atoms with Gasteiger partial charge in [0.1, 0.15) is 12.7 Å². The maximum absolute atomic E-state index is 13.6. The van der Waals surface area contributed by atoms with Crippen LogP contribution in [0.3, 0.4) is 0 Å². The van der Waals surface area contributed by atoms with Gasteiger partial charge in [0.25, 0.3) is 0 Å². The molecule has 0 aliphatic heterocycles. The SMILES string of the molecule is COc1cc(C(=O)c2ccc(-c3ccc(S(C)(=O)=O)cc3)cc2-n2cncn2)cc(OC)c1OC. The summed E-state index contributed by atoms with van der Waals surface area (Å²) in [5, 5.41) is 4.20. The number of carbonyl (C=O) groups is 1. The van der Waals surface area contributed by atoms with Gasteiger partial charge in [0.15, 0.2) is 27.1 Å². The van der Waals surface area contributed by atoms with Gasteiger partial charge in [0.05, 0.1) is 31.9 Å². The molecule has 0 amide bonds. The molecule has 3 aromatic carbocycles. The minimum Gasteiger partial charge on any atom is -0.493 e. The first-order valence-electron chi connectivity index (χ1n) is 10.4. The van der Waals surface area contributed by atoms with Crippen LogP contribution in [0.1, 0.15) is 15.9 Å². The zero-order chi connectivity index (χ0) is 25.2. The Bertz CT molecular complexity index is 1460. The van der Waals surface area contributed by atoms with Crippen LogP contribution in [-0.4, -0.2) is 56.6 Å². The molecule has 1 aromatic heterocycles. The van der Waals surface area contributed by atoms with Crippen molar-refractivity contribution in [3.05, 3.63) is 78.4 Å². The molecule has 1 heterocycles. The molecule has 0 radical (unpaired) electrons. The normalized spacial score (nSPS) is 11.2. The van der Waals surface area contributed by atoms with Crippen molar-refractivity contribution >= 4 is 15.6 Å². The molecule has 0 aliphatic carbocycles. The molecular weight excluding hydrogens is 470 g/mol. The monoisotopic (exact) mass is 493 g/mol. The van der Waals surface area contributed by atoms with Crippen LogP contribution in [0.5, 0.6) is 17.2 Å². The summed E-state index contributed by atoms with van der Waals surface area (Å²) in [6.45, 7) is 0.